The lowest BCUT2D eigenvalue weighted by Crippen LogP contribution is -2.27. The molecule has 0 aliphatic rings. The minimum atomic E-state index is -0.368. The molecule has 1 heterocycles. The number of anilines is 2. The zero-order valence-electron chi connectivity index (χ0n) is 14.7. The van der Waals surface area contributed by atoms with Crippen molar-refractivity contribution in [3.05, 3.63) is 82.4 Å². The van der Waals surface area contributed by atoms with Crippen LogP contribution < -0.4 is 10.6 Å². The monoisotopic (exact) mass is 384 g/mol. The number of benzene rings is 2. The van der Waals surface area contributed by atoms with Gasteiger partial charge >= 0.3 is 0 Å². The number of carbonyl (C=O) groups excluding carboxylic acids is 1. The number of amides is 1. The molecule has 0 spiro atoms. The standard InChI is InChI=1S/C20H18ClFN4O/c1-13-11-18(19(27)23-10-9-14-5-7-15(21)8-6-14)26-20(24-13)25-17-4-2-3-16(22)12-17/h2-8,11-12H,9-10H2,1H3,(H,23,27)(H,24,25,26). The van der Waals surface area contributed by atoms with E-state index >= 15 is 0 Å². The largest absolute Gasteiger partial charge is 0.350 e. The highest BCUT2D eigenvalue weighted by atomic mass is 35.5. The molecule has 27 heavy (non-hydrogen) atoms. The highest BCUT2D eigenvalue weighted by molar-refractivity contribution is 6.30. The number of rotatable bonds is 6. The van der Waals surface area contributed by atoms with Gasteiger partial charge in [-0.2, -0.15) is 0 Å². The van der Waals surface area contributed by atoms with Gasteiger partial charge in [-0.05, 0) is 55.3 Å². The summed E-state index contributed by atoms with van der Waals surface area (Å²) >= 11 is 5.86. The average molecular weight is 385 g/mol. The lowest BCUT2D eigenvalue weighted by Gasteiger charge is -2.09. The van der Waals surface area contributed by atoms with Crippen molar-refractivity contribution in [3.63, 3.8) is 0 Å². The van der Waals surface area contributed by atoms with Gasteiger partial charge in [-0.3, -0.25) is 4.79 Å². The van der Waals surface area contributed by atoms with Crippen molar-refractivity contribution in [3.8, 4) is 0 Å². The number of carbonyl (C=O) groups is 1. The van der Waals surface area contributed by atoms with Crippen LogP contribution in [0.25, 0.3) is 0 Å². The zero-order valence-corrected chi connectivity index (χ0v) is 15.4. The number of hydrogen-bond donors (Lipinski definition) is 2. The van der Waals surface area contributed by atoms with Crippen LogP contribution in [0.3, 0.4) is 0 Å². The molecule has 0 fully saturated rings. The van der Waals surface area contributed by atoms with Crippen LogP contribution in [0.4, 0.5) is 16.0 Å². The third kappa shape index (κ3) is 5.49. The molecule has 0 radical (unpaired) electrons. The van der Waals surface area contributed by atoms with Crippen molar-refractivity contribution in [1.82, 2.24) is 15.3 Å². The number of nitrogens with one attached hydrogen (secondary N) is 2. The van der Waals surface area contributed by atoms with Crippen LogP contribution in [-0.4, -0.2) is 22.4 Å². The molecule has 2 aromatic carbocycles. The summed E-state index contributed by atoms with van der Waals surface area (Å²) in [7, 11) is 0. The van der Waals surface area contributed by atoms with Crippen LogP contribution in [0.2, 0.25) is 5.02 Å². The van der Waals surface area contributed by atoms with E-state index in [-0.39, 0.29) is 23.4 Å². The maximum absolute atomic E-state index is 13.3. The van der Waals surface area contributed by atoms with Crippen LogP contribution in [-0.2, 0) is 6.42 Å². The summed E-state index contributed by atoms with van der Waals surface area (Å²) < 4.78 is 13.3. The summed E-state index contributed by atoms with van der Waals surface area (Å²) in [5, 5.41) is 6.43. The molecular formula is C20H18ClFN4O. The number of aromatic nitrogens is 2. The Morgan fingerprint density at radius 3 is 2.63 bits per heavy atom. The molecule has 1 aromatic heterocycles. The van der Waals surface area contributed by atoms with E-state index in [1.165, 1.54) is 12.1 Å². The Morgan fingerprint density at radius 2 is 1.89 bits per heavy atom. The molecule has 0 saturated carbocycles. The van der Waals surface area contributed by atoms with Gasteiger partial charge in [-0.25, -0.2) is 14.4 Å². The molecule has 0 bridgehead atoms. The molecule has 1 amide bonds. The highest BCUT2D eigenvalue weighted by Gasteiger charge is 2.11. The molecule has 138 valence electrons. The van der Waals surface area contributed by atoms with Crippen LogP contribution in [0.5, 0.6) is 0 Å². The van der Waals surface area contributed by atoms with Crippen molar-refractivity contribution in [2.45, 2.75) is 13.3 Å². The summed E-state index contributed by atoms with van der Waals surface area (Å²) in [6.45, 7) is 2.24. The fourth-order valence-electron chi connectivity index (χ4n) is 2.50. The minimum absolute atomic E-state index is 0.239. The Morgan fingerprint density at radius 1 is 1.11 bits per heavy atom. The Kier molecular flexibility index (Phi) is 5.98. The van der Waals surface area contributed by atoms with E-state index in [1.54, 1.807) is 25.1 Å². The van der Waals surface area contributed by atoms with Crippen LogP contribution in [0.1, 0.15) is 21.7 Å². The van der Waals surface area contributed by atoms with Gasteiger partial charge in [0, 0.05) is 22.9 Å². The third-order valence-electron chi connectivity index (χ3n) is 3.78. The van der Waals surface area contributed by atoms with Crippen molar-refractivity contribution >= 4 is 29.1 Å². The number of hydrogen-bond acceptors (Lipinski definition) is 4. The second kappa shape index (κ2) is 8.60. The van der Waals surface area contributed by atoms with E-state index in [0.717, 1.165) is 5.56 Å². The molecule has 5 nitrogen and oxygen atoms in total. The molecule has 3 aromatic rings. The van der Waals surface area contributed by atoms with E-state index in [9.17, 15) is 9.18 Å². The quantitative estimate of drug-likeness (QED) is 0.665. The van der Waals surface area contributed by atoms with Gasteiger partial charge in [-0.15, -0.1) is 0 Å². The molecular weight excluding hydrogens is 367 g/mol. The predicted octanol–water partition coefficient (Wildman–Crippen LogP) is 4.29. The first-order valence-electron chi connectivity index (χ1n) is 8.40. The molecule has 2 N–H and O–H groups in total. The number of aryl methyl sites for hydroxylation is 1. The van der Waals surface area contributed by atoms with Gasteiger partial charge in [0.2, 0.25) is 5.95 Å². The van der Waals surface area contributed by atoms with E-state index in [4.69, 9.17) is 11.6 Å². The van der Waals surface area contributed by atoms with Crippen LogP contribution in [0, 0.1) is 12.7 Å². The van der Waals surface area contributed by atoms with Gasteiger partial charge in [0.15, 0.2) is 0 Å². The molecule has 0 aliphatic carbocycles. The summed E-state index contributed by atoms with van der Waals surface area (Å²) in [5.41, 5.74) is 2.46. The van der Waals surface area contributed by atoms with Gasteiger partial charge in [-0.1, -0.05) is 29.8 Å². The smallest absolute Gasteiger partial charge is 0.270 e. The molecule has 0 unspecified atom stereocenters. The van der Waals surface area contributed by atoms with Gasteiger partial charge in [0.1, 0.15) is 11.5 Å². The average Bonchev–Trinajstić information content (AvgIpc) is 2.63. The molecule has 7 heteroatoms. The molecule has 0 saturated heterocycles. The summed E-state index contributed by atoms with van der Waals surface area (Å²) in [6, 6.07) is 15.0. The summed E-state index contributed by atoms with van der Waals surface area (Å²) in [5.74, 6) is -0.423. The Hall–Kier alpha value is -2.99. The van der Waals surface area contributed by atoms with Crippen molar-refractivity contribution < 1.29 is 9.18 Å². The molecule has 0 aliphatic heterocycles. The van der Waals surface area contributed by atoms with Crippen molar-refractivity contribution in [2.24, 2.45) is 0 Å². The second-order valence-electron chi connectivity index (χ2n) is 5.99. The van der Waals surface area contributed by atoms with Crippen molar-refractivity contribution in [1.29, 1.82) is 0 Å². The van der Waals surface area contributed by atoms with E-state index in [2.05, 4.69) is 20.6 Å². The van der Waals surface area contributed by atoms with Crippen molar-refractivity contribution in [2.75, 3.05) is 11.9 Å². The maximum atomic E-state index is 13.3. The first kappa shape index (κ1) is 18.8. The fraction of sp³-hybridized carbons (Fsp3) is 0.150. The van der Waals surface area contributed by atoms with Crippen LogP contribution in [0.15, 0.2) is 54.6 Å². The normalized spacial score (nSPS) is 10.5. The minimum Gasteiger partial charge on any atom is -0.350 e. The summed E-state index contributed by atoms with van der Waals surface area (Å²) in [4.78, 5) is 20.9. The highest BCUT2D eigenvalue weighted by Crippen LogP contribution is 2.15. The van der Waals surface area contributed by atoms with E-state index in [1.807, 2.05) is 24.3 Å². The Labute approximate surface area is 161 Å². The van der Waals surface area contributed by atoms with E-state index in [0.29, 0.717) is 29.4 Å². The first-order chi connectivity index (χ1) is 13.0. The topological polar surface area (TPSA) is 66.9 Å². The number of nitrogens with zero attached hydrogens (tertiary/aromatic N) is 2. The van der Waals surface area contributed by atoms with E-state index < -0.39 is 0 Å². The lowest BCUT2D eigenvalue weighted by atomic mass is 10.1. The fourth-order valence-corrected chi connectivity index (χ4v) is 2.62. The summed E-state index contributed by atoms with van der Waals surface area (Å²) in [6.07, 6.45) is 0.682. The number of halogens is 2. The molecule has 0 atom stereocenters. The second-order valence-corrected chi connectivity index (χ2v) is 6.42. The van der Waals surface area contributed by atoms with Crippen LogP contribution >= 0.6 is 11.6 Å². The maximum Gasteiger partial charge on any atom is 0.270 e. The predicted molar refractivity (Wildman–Crippen MR) is 104 cm³/mol. The Balaban J connectivity index is 1.64. The van der Waals surface area contributed by atoms with Gasteiger partial charge < -0.3 is 10.6 Å². The Bertz CT molecular complexity index is 947. The van der Waals surface area contributed by atoms with Gasteiger partial charge in [0.05, 0.1) is 0 Å². The lowest BCUT2D eigenvalue weighted by molar-refractivity contribution is 0.0949. The molecule has 3 rings (SSSR count). The zero-order chi connectivity index (χ0) is 19.2. The third-order valence-corrected chi connectivity index (χ3v) is 4.03. The first-order valence-corrected chi connectivity index (χ1v) is 8.78. The SMILES string of the molecule is Cc1cc(C(=O)NCCc2ccc(Cl)cc2)nc(Nc2cccc(F)c2)n1. The van der Waals surface area contributed by atoms with Gasteiger partial charge in [0.25, 0.3) is 5.91 Å².